The molecule has 8 heteroatoms. The van der Waals surface area contributed by atoms with Gasteiger partial charge < -0.3 is 5.11 Å². The minimum absolute atomic E-state index is 0.340. The average Bonchev–Trinajstić information content (AvgIpc) is 1.98. The second-order valence-electron chi connectivity index (χ2n) is 2.88. The lowest BCUT2D eigenvalue weighted by molar-refractivity contribution is -0.139. The van der Waals surface area contributed by atoms with Gasteiger partial charge in [0.05, 0.1) is 0 Å². The van der Waals surface area contributed by atoms with E-state index in [0.717, 1.165) is 0 Å². The zero-order valence-corrected chi connectivity index (χ0v) is 9.50. The van der Waals surface area contributed by atoms with Crippen LogP contribution in [0.5, 0.6) is 0 Å². The van der Waals surface area contributed by atoms with E-state index in [0.29, 0.717) is 12.3 Å². The van der Waals surface area contributed by atoms with Crippen LogP contribution in [0.2, 0.25) is 0 Å². The Morgan fingerprint density at radius 3 is 1.93 bits per heavy atom. The molecule has 14 heavy (non-hydrogen) atoms. The monoisotopic (exact) mass is 246 g/mol. The molecule has 0 fully saturated rings. The van der Waals surface area contributed by atoms with Gasteiger partial charge in [0.1, 0.15) is 6.04 Å². The van der Waals surface area contributed by atoms with Crippen LogP contribution in [0.1, 0.15) is 20.3 Å². The molecule has 4 N–H and O–H groups in total. The van der Waals surface area contributed by atoms with Crippen molar-refractivity contribution in [1.82, 2.24) is 4.84 Å². The van der Waals surface area contributed by atoms with Gasteiger partial charge in [-0.1, -0.05) is 13.8 Å². The first-order valence-corrected chi connectivity index (χ1v) is 5.29. The van der Waals surface area contributed by atoms with Gasteiger partial charge in [0.15, 0.2) is 0 Å². The summed E-state index contributed by atoms with van der Waals surface area (Å²) in [6.07, 6.45) is 0.554. The molecule has 0 aromatic heterocycles. The van der Waals surface area contributed by atoms with E-state index < -0.39 is 20.3 Å². The highest BCUT2D eigenvalue weighted by Crippen LogP contribution is 2.04. The Balaban J connectivity index is 0. The van der Waals surface area contributed by atoms with Crippen molar-refractivity contribution in [2.24, 2.45) is 5.92 Å². The van der Waals surface area contributed by atoms with E-state index >= 15 is 0 Å². The van der Waals surface area contributed by atoms with Crippen LogP contribution >= 0.6 is 20.0 Å². The second-order valence-corrected chi connectivity index (χ2v) is 3.61. The normalized spacial score (nSPS) is 11.6. The Bertz CT molecular complexity index is 185. The van der Waals surface area contributed by atoms with Gasteiger partial charge in [0.25, 0.3) is 0 Å². The van der Waals surface area contributed by atoms with E-state index in [1.54, 1.807) is 0 Å². The molecule has 6 nitrogen and oxygen atoms in total. The third-order valence-corrected chi connectivity index (χ3v) is 1.40. The number of rotatable bonds is 4. The summed E-state index contributed by atoms with van der Waals surface area (Å²) in [4.78, 5) is 26.8. The maximum Gasteiger partial charge on any atom is 0.692 e. The maximum atomic E-state index is 10.3. The highest BCUT2D eigenvalue weighted by molar-refractivity contribution is 7.30. The van der Waals surface area contributed by atoms with Gasteiger partial charge >= 0.3 is 14.2 Å². The molecule has 0 amide bonds. The summed E-state index contributed by atoms with van der Waals surface area (Å²) in [7, 11) is -2.87. The molecule has 1 atom stereocenters. The van der Waals surface area contributed by atoms with Gasteiger partial charge in [-0.25, -0.2) is 4.84 Å². The fourth-order valence-electron chi connectivity index (χ4n) is 0.663. The van der Waals surface area contributed by atoms with E-state index in [-0.39, 0.29) is 0 Å². The molecule has 0 aromatic rings. The van der Waals surface area contributed by atoms with Crippen LogP contribution in [0.25, 0.3) is 0 Å². The number of hydrogen-bond acceptors (Lipinski definition) is 3. The molecule has 84 valence electrons. The fraction of sp³-hybridized carbons (Fsp3) is 0.833. The van der Waals surface area contributed by atoms with Gasteiger partial charge in [-0.2, -0.15) is 0 Å². The summed E-state index contributed by atoms with van der Waals surface area (Å²) in [6.45, 7) is 3.90. The summed E-state index contributed by atoms with van der Waals surface area (Å²) in [5.74, 6) is -0.559. The van der Waals surface area contributed by atoms with E-state index in [1.807, 2.05) is 13.8 Å². The molecule has 0 aromatic carbocycles. The lowest BCUT2D eigenvalue weighted by atomic mass is 10.1. The molecule has 0 saturated carbocycles. The number of carboxylic acids is 1. The van der Waals surface area contributed by atoms with Gasteiger partial charge in [-0.15, -0.1) is 9.79 Å². The van der Waals surface area contributed by atoms with E-state index in [9.17, 15) is 4.79 Å². The summed E-state index contributed by atoms with van der Waals surface area (Å²) >= 11 is 5.18. The zero-order valence-electron chi connectivity index (χ0n) is 7.85. The van der Waals surface area contributed by atoms with Crippen molar-refractivity contribution in [3.05, 3.63) is 0 Å². The van der Waals surface area contributed by atoms with E-state index in [1.165, 1.54) is 0 Å². The van der Waals surface area contributed by atoms with Crippen molar-refractivity contribution < 1.29 is 24.3 Å². The highest BCUT2D eigenvalue weighted by atomic mass is 35.5. The Hall–Kier alpha value is -0.260. The zero-order chi connectivity index (χ0) is 11.7. The van der Waals surface area contributed by atoms with Crippen LogP contribution in [-0.2, 0) is 9.36 Å². The van der Waals surface area contributed by atoms with E-state index in [4.69, 9.17) is 31.2 Å². The van der Waals surface area contributed by atoms with Gasteiger partial charge in [-0.05, 0) is 24.1 Å². The number of aliphatic carboxylic acids is 1. The topological polar surface area (TPSA) is 107 Å². The van der Waals surface area contributed by atoms with Crippen LogP contribution in [0.3, 0.4) is 0 Å². The summed E-state index contributed by atoms with van der Waals surface area (Å²) in [6, 6.07) is -0.623. The number of hydrogen-bond donors (Lipinski definition) is 4. The minimum atomic E-state index is -2.87. The fourth-order valence-corrected chi connectivity index (χ4v) is 0.846. The molecule has 0 heterocycles. The maximum absolute atomic E-state index is 10.3. The largest absolute Gasteiger partial charge is 0.692 e. The van der Waals surface area contributed by atoms with E-state index in [2.05, 4.69) is 4.84 Å². The molecule has 1 unspecified atom stereocenters. The average molecular weight is 247 g/mol. The van der Waals surface area contributed by atoms with Crippen LogP contribution < -0.4 is 4.84 Å². The van der Waals surface area contributed by atoms with Crippen LogP contribution in [0.4, 0.5) is 0 Å². The Morgan fingerprint density at radius 2 is 1.86 bits per heavy atom. The van der Waals surface area contributed by atoms with Crippen molar-refractivity contribution in [3.8, 4) is 0 Å². The highest BCUT2D eigenvalue weighted by Gasteiger charge is 2.16. The Morgan fingerprint density at radius 1 is 1.50 bits per heavy atom. The molecular weight excluding hydrogens is 232 g/mol. The quantitative estimate of drug-likeness (QED) is 0.433. The lowest BCUT2D eigenvalue weighted by Crippen LogP contribution is -2.31. The predicted octanol–water partition coefficient (Wildman–Crippen LogP) is 0.857. The molecular formula is C6H14ClNO5P+. The standard InChI is InChI=1S/C6H12ClNO2.HO3P/c1-4(2)3-5(8-7)6(9)10;1-4(2)3/h4-5,8H,3H2,1-2H3,(H,9,10);(H-,1,2,3)/p+1. The first-order valence-electron chi connectivity index (χ1n) is 3.75. The van der Waals surface area contributed by atoms with Crippen LogP contribution in [-0.4, -0.2) is 26.9 Å². The lowest BCUT2D eigenvalue weighted by Gasteiger charge is -2.10. The third-order valence-electron chi connectivity index (χ3n) is 1.14. The SMILES string of the molecule is CC(C)CC(NCl)C(=O)O.O=[P+](O)O. The molecule has 0 radical (unpaired) electrons. The van der Waals surface area contributed by atoms with Gasteiger partial charge in [-0.3, -0.25) is 4.79 Å². The van der Waals surface area contributed by atoms with Crippen molar-refractivity contribution >= 4 is 26.0 Å². The third kappa shape index (κ3) is 14.3. The number of carbonyl (C=O) groups is 1. The Labute approximate surface area is 88.0 Å². The number of nitrogens with one attached hydrogen (secondary N) is 1. The number of carboxylic acid groups (broad SMARTS) is 1. The molecule has 0 saturated heterocycles. The van der Waals surface area contributed by atoms with Gasteiger partial charge in [0, 0.05) is 4.57 Å². The summed E-state index contributed by atoms with van der Waals surface area (Å²) < 4.78 is 8.70. The first kappa shape index (κ1) is 16.2. The molecule has 0 aliphatic rings. The summed E-state index contributed by atoms with van der Waals surface area (Å²) in [5.41, 5.74) is 0. The first-order chi connectivity index (χ1) is 6.31. The van der Waals surface area contributed by atoms with Crippen molar-refractivity contribution in [1.29, 1.82) is 0 Å². The van der Waals surface area contributed by atoms with Gasteiger partial charge in [0.2, 0.25) is 0 Å². The smallest absolute Gasteiger partial charge is 0.480 e. The second kappa shape index (κ2) is 9.30. The molecule has 0 aliphatic carbocycles. The molecule has 0 spiro atoms. The van der Waals surface area contributed by atoms with Crippen molar-refractivity contribution in [2.75, 3.05) is 0 Å². The van der Waals surface area contributed by atoms with Crippen molar-refractivity contribution in [3.63, 3.8) is 0 Å². The predicted molar refractivity (Wildman–Crippen MR) is 51.9 cm³/mol. The minimum Gasteiger partial charge on any atom is -0.480 e. The van der Waals surface area contributed by atoms with Crippen LogP contribution in [0.15, 0.2) is 0 Å². The Kier molecular flexibility index (Phi) is 10.7. The van der Waals surface area contributed by atoms with Crippen LogP contribution in [0, 0.1) is 5.92 Å². The molecule has 0 aliphatic heterocycles. The summed E-state index contributed by atoms with van der Waals surface area (Å²) in [5, 5.41) is 8.48. The molecule has 0 bridgehead atoms. The molecule has 0 rings (SSSR count). The van der Waals surface area contributed by atoms with Crippen molar-refractivity contribution in [2.45, 2.75) is 26.3 Å². The number of halogens is 1.